The first kappa shape index (κ1) is 16.3. The number of carbonyl (C=O) groups excluding carboxylic acids is 1. The van der Waals surface area contributed by atoms with Gasteiger partial charge in [-0.1, -0.05) is 12.5 Å². The van der Waals surface area contributed by atoms with Gasteiger partial charge in [-0.2, -0.15) is 0 Å². The van der Waals surface area contributed by atoms with Crippen LogP contribution in [0.3, 0.4) is 0 Å². The number of hydrogen-bond acceptors (Lipinski definition) is 3. The number of hydrogen-bond donors (Lipinski definition) is 2. The summed E-state index contributed by atoms with van der Waals surface area (Å²) >= 11 is 0. The molecule has 0 aliphatic heterocycles. The van der Waals surface area contributed by atoms with Crippen LogP contribution in [0.25, 0.3) is 0 Å². The molecule has 2 aliphatic carbocycles. The van der Waals surface area contributed by atoms with E-state index in [2.05, 4.69) is 10.0 Å². The fourth-order valence-corrected chi connectivity index (χ4v) is 4.64. The Labute approximate surface area is 137 Å². The number of aryl methyl sites for hydroxylation is 1. The summed E-state index contributed by atoms with van der Waals surface area (Å²) in [5.41, 5.74) is 1.74. The maximum absolute atomic E-state index is 12.3. The van der Waals surface area contributed by atoms with Crippen molar-refractivity contribution in [3.8, 4) is 0 Å². The quantitative estimate of drug-likeness (QED) is 0.867. The number of carbonyl (C=O) groups is 1. The minimum Gasteiger partial charge on any atom is -0.352 e. The van der Waals surface area contributed by atoms with Crippen LogP contribution in [0.4, 0.5) is 5.69 Å². The molecule has 6 heteroatoms. The lowest BCUT2D eigenvalue weighted by molar-refractivity contribution is 0.0942. The third kappa shape index (κ3) is 3.86. The van der Waals surface area contributed by atoms with E-state index in [1.54, 1.807) is 18.2 Å². The van der Waals surface area contributed by atoms with Crippen LogP contribution in [-0.4, -0.2) is 27.1 Å². The molecule has 1 aromatic rings. The molecule has 126 valence electrons. The average molecular weight is 336 g/mol. The van der Waals surface area contributed by atoms with Gasteiger partial charge in [-0.05, 0) is 61.6 Å². The van der Waals surface area contributed by atoms with Crippen LogP contribution < -0.4 is 10.0 Å². The first-order valence-corrected chi connectivity index (χ1v) is 10.1. The number of anilines is 1. The highest BCUT2D eigenvalue weighted by Gasteiger charge is 2.39. The Morgan fingerprint density at radius 1 is 1.26 bits per heavy atom. The molecule has 3 rings (SSSR count). The predicted octanol–water partition coefficient (Wildman–Crippen LogP) is 2.53. The molecule has 2 N–H and O–H groups in total. The molecular formula is C17H24N2O3S. The number of fused-ring (bicyclic) bond motifs is 2. The summed E-state index contributed by atoms with van der Waals surface area (Å²) in [5, 5.41) is 3.02. The van der Waals surface area contributed by atoms with Gasteiger partial charge in [0.05, 0.1) is 11.9 Å². The largest absolute Gasteiger partial charge is 0.352 e. The molecule has 2 bridgehead atoms. The zero-order valence-corrected chi connectivity index (χ0v) is 14.4. The molecule has 5 nitrogen and oxygen atoms in total. The van der Waals surface area contributed by atoms with Crippen molar-refractivity contribution in [2.75, 3.05) is 17.5 Å². The second kappa shape index (κ2) is 6.15. The smallest absolute Gasteiger partial charge is 0.251 e. The number of rotatable bonds is 5. The van der Waals surface area contributed by atoms with Gasteiger partial charge in [0.25, 0.3) is 5.91 Å². The summed E-state index contributed by atoms with van der Waals surface area (Å²) in [7, 11) is -3.36. The Balaban J connectivity index is 1.64. The minimum atomic E-state index is -3.36. The van der Waals surface area contributed by atoms with Gasteiger partial charge in [-0.25, -0.2) is 8.42 Å². The molecule has 0 spiro atoms. The van der Waals surface area contributed by atoms with E-state index in [0.29, 0.717) is 17.2 Å². The van der Waals surface area contributed by atoms with Crippen molar-refractivity contribution >= 4 is 21.6 Å². The summed E-state index contributed by atoms with van der Waals surface area (Å²) in [6, 6.07) is 5.10. The average Bonchev–Trinajstić information content (AvgIpc) is 3.08. The fraction of sp³-hybridized carbons (Fsp3) is 0.588. The molecule has 0 radical (unpaired) electrons. The van der Waals surface area contributed by atoms with E-state index in [4.69, 9.17) is 0 Å². The zero-order chi connectivity index (χ0) is 16.6. The lowest BCUT2D eigenvalue weighted by atomic mass is 9.89. The van der Waals surface area contributed by atoms with Crippen molar-refractivity contribution in [2.24, 2.45) is 17.8 Å². The summed E-state index contributed by atoms with van der Waals surface area (Å²) in [5.74, 6) is 2.12. The van der Waals surface area contributed by atoms with Crippen LogP contribution in [0.15, 0.2) is 18.2 Å². The highest BCUT2D eigenvalue weighted by atomic mass is 32.2. The third-order valence-corrected chi connectivity index (χ3v) is 5.80. The van der Waals surface area contributed by atoms with Gasteiger partial charge in [0.15, 0.2) is 0 Å². The van der Waals surface area contributed by atoms with E-state index < -0.39 is 10.0 Å². The molecule has 2 saturated carbocycles. The van der Waals surface area contributed by atoms with Crippen LogP contribution >= 0.6 is 0 Å². The van der Waals surface area contributed by atoms with Crippen molar-refractivity contribution < 1.29 is 13.2 Å². The molecule has 3 atom stereocenters. The van der Waals surface area contributed by atoms with E-state index in [0.717, 1.165) is 30.2 Å². The first-order chi connectivity index (χ1) is 10.8. The second-order valence-electron chi connectivity index (χ2n) is 7.05. The molecule has 1 amide bonds. The summed E-state index contributed by atoms with van der Waals surface area (Å²) < 4.78 is 25.2. The van der Waals surface area contributed by atoms with Gasteiger partial charge >= 0.3 is 0 Å². The third-order valence-electron chi connectivity index (χ3n) is 5.20. The van der Waals surface area contributed by atoms with Crippen LogP contribution in [0.1, 0.15) is 41.6 Å². The van der Waals surface area contributed by atoms with Gasteiger partial charge in [-0.3, -0.25) is 9.52 Å². The Hall–Kier alpha value is -1.56. The molecule has 2 aliphatic rings. The Morgan fingerprint density at radius 3 is 2.65 bits per heavy atom. The number of sulfonamides is 1. The summed E-state index contributed by atoms with van der Waals surface area (Å²) in [6.45, 7) is 2.53. The Morgan fingerprint density at radius 2 is 2.04 bits per heavy atom. The van der Waals surface area contributed by atoms with Crippen molar-refractivity contribution in [3.05, 3.63) is 29.3 Å². The Kier molecular flexibility index (Phi) is 4.36. The van der Waals surface area contributed by atoms with E-state index in [1.807, 2.05) is 6.92 Å². The van der Waals surface area contributed by atoms with Gasteiger partial charge in [0.1, 0.15) is 0 Å². The molecule has 0 saturated heterocycles. The fourth-order valence-electron chi connectivity index (χ4n) is 4.03. The number of nitrogens with one attached hydrogen (secondary N) is 2. The van der Waals surface area contributed by atoms with Crippen molar-refractivity contribution in [1.82, 2.24) is 5.32 Å². The Bertz CT molecular complexity index is 715. The van der Waals surface area contributed by atoms with Crippen molar-refractivity contribution in [1.29, 1.82) is 0 Å². The molecule has 1 aromatic carbocycles. The highest BCUT2D eigenvalue weighted by molar-refractivity contribution is 7.92. The topological polar surface area (TPSA) is 75.3 Å². The second-order valence-corrected chi connectivity index (χ2v) is 8.80. The maximum Gasteiger partial charge on any atom is 0.251 e. The van der Waals surface area contributed by atoms with Crippen LogP contribution in [0, 0.1) is 24.7 Å². The number of benzene rings is 1. The van der Waals surface area contributed by atoms with E-state index in [-0.39, 0.29) is 5.91 Å². The predicted molar refractivity (Wildman–Crippen MR) is 90.9 cm³/mol. The summed E-state index contributed by atoms with van der Waals surface area (Å²) in [6.07, 6.45) is 6.33. The van der Waals surface area contributed by atoms with Gasteiger partial charge in [-0.15, -0.1) is 0 Å². The molecule has 0 aromatic heterocycles. The SMILES string of the molecule is Cc1ccc(C(=O)NC[C@@H]2C[C@H]3CC[C@H]2C3)cc1NS(C)(=O)=O. The number of amides is 1. The maximum atomic E-state index is 12.3. The van der Waals surface area contributed by atoms with Crippen molar-refractivity contribution in [3.63, 3.8) is 0 Å². The van der Waals surface area contributed by atoms with E-state index >= 15 is 0 Å². The monoisotopic (exact) mass is 336 g/mol. The summed E-state index contributed by atoms with van der Waals surface area (Å²) in [4.78, 5) is 12.3. The molecule has 2 fully saturated rings. The zero-order valence-electron chi connectivity index (χ0n) is 13.6. The standard InChI is InChI=1S/C17H24N2O3S/c1-11-3-5-14(9-16(11)19-23(2,21)22)17(20)18-10-15-8-12-4-6-13(15)7-12/h3,5,9,12-13,15,19H,4,6-8,10H2,1-2H3,(H,18,20)/t12-,13-,15-/m0/s1. The van der Waals surface area contributed by atoms with E-state index in [1.165, 1.54) is 25.7 Å². The lowest BCUT2D eigenvalue weighted by Gasteiger charge is -2.22. The van der Waals surface area contributed by atoms with Crippen LogP contribution in [-0.2, 0) is 10.0 Å². The molecule has 0 unspecified atom stereocenters. The van der Waals surface area contributed by atoms with Crippen LogP contribution in [0.2, 0.25) is 0 Å². The first-order valence-electron chi connectivity index (χ1n) is 8.18. The lowest BCUT2D eigenvalue weighted by Crippen LogP contribution is -2.31. The van der Waals surface area contributed by atoms with Gasteiger partial charge < -0.3 is 5.32 Å². The van der Waals surface area contributed by atoms with Gasteiger partial charge in [0, 0.05) is 12.1 Å². The van der Waals surface area contributed by atoms with Crippen LogP contribution in [0.5, 0.6) is 0 Å². The van der Waals surface area contributed by atoms with Gasteiger partial charge in [0.2, 0.25) is 10.0 Å². The molecule has 23 heavy (non-hydrogen) atoms. The minimum absolute atomic E-state index is 0.135. The van der Waals surface area contributed by atoms with Crippen molar-refractivity contribution in [2.45, 2.75) is 32.6 Å². The normalized spacial score (nSPS) is 26.3. The molecular weight excluding hydrogens is 312 g/mol. The molecule has 0 heterocycles. The highest BCUT2D eigenvalue weighted by Crippen LogP contribution is 2.47. The van der Waals surface area contributed by atoms with E-state index in [9.17, 15) is 13.2 Å².